The molecule has 0 bridgehead atoms. The van der Waals surface area contributed by atoms with Gasteiger partial charge in [-0.2, -0.15) is 9.36 Å². The summed E-state index contributed by atoms with van der Waals surface area (Å²) in [4.78, 5) is 4.73. The van der Waals surface area contributed by atoms with Gasteiger partial charge >= 0.3 is 5.82 Å². The lowest BCUT2D eigenvalue weighted by Gasteiger charge is -2.02. The van der Waals surface area contributed by atoms with Crippen molar-refractivity contribution in [2.24, 2.45) is 14.1 Å². The zero-order valence-corrected chi connectivity index (χ0v) is 14.0. The van der Waals surface area contributed by atoms with Crippen molar-refractivity contribution in [3.05, 3.63) is 47.8 Å². The van der Waals surface area contributed by atoms with Crippen LogP contribution in [0.2, 0.25) is 0 Å². The predicted molar refractivity (Wildman–Crippen MR) is 92.2 cm³/mol. The number of benzene rings is 2. The highest BCUT2D eigenvalue weighted by atomic mass is 32.1. The van der Waals surface area contributed by atoms with Crippen LogP contribution in [0.1, 0.15) is 11.4 Å². The van der Waals surface area contributed by atoms with Crippen LogP contribution in [-0.2, 0) is 14.1 Å². The van der Waals surface area contributed by atoms with Crippen LogP contribution in [0, 0.1) is 13.8 Å². The van der Waals surface area contributed by atoms with Gasteiger partial charge in [0.25, 0.3) is 5.82 Å². The summed E-state index contributed by atoms with van der Waals surface area (Å²) in [5.74, 6) is 2.05. The quantitative estimate of drug-likeness (QED) is 0.489. The zero-order chi connectivity index (χ0) is 15.4. The monoisotopic (exact) mass is 308 g/mol. The molecule has 110 valence electrons. The Balaban J connectivity index is 2.04. The van der Waals surface area contributed by atoms with E-state index in [1.54, 1.807) is 0 Å². The topological polar surface area (TPSA) is 21.7 Å². The molecule has 2 aromatic heterocycles. The Bertz CT molecular complexity index is 1020. The smallest absolute Gasteiger partial charge is 0.182 e. The van der Waals surface area contributed by atoms with Crippen LogP contribution in [0.3, 0.4) is 0 Å². The average Bonchev–Trinajstić information content (AvgIpc) is 2.99. The fourth-order valence-corrected chi connectivity index (χ4v) is 4.14. The number of nitrogens with zero attached hydrogens (tertiary/aromatic N) is 3. The van der Waals surface area contributed by atoms with E-state index in [1.807, 2.05) is 25.3 Å². The molecular formula is C18H18N3S+. The number of fused-ring (bicyclic) bond motifs is 3. The molecule has 0 aliphatic heterocycles. The summed E-state index contributed by atoms with van der Waals surface area (Å²) < 4.78 is 6.85. The zero-order valence-electron chi connectivity index (χ0n) is 13.2. The number of aromatic nitrogens is 3. The molecule has 2 heterocycles. The first-order chi connectivity index (χ1) is 10.6. The summed E-state index contributed by atoms with van der Waals surface area (Å²) in [5.41, 5.74) is 2.48. The van der Waals surface area contributed by atoms with E-state index >= 15 is 0 Å². The van der Waals surface area contributed by atoms with Gasteiger partial charge in [0.1, 0.15) is 7.05 Å². The van der Waals surface area contributed by atoms with Crippen molar-refractivity contribution in [2.75, 3.05) is 0 Å². The molecule has 3 nitrogen and oxygen atoms in total. The van der Waals surface area contributed by atoms with E-state index in [1.165, 1.54) is 31.3 Å². The summed E-state index contributed by atoms with van der Waals surface area (Å²) in [5, 5.41) is 2.69. The second-order valence-corrected chi connectivity index (χ2v) is 6.88. The van der Waals surface area contributed by atoms with Gasteiger partial charge in [-0.3, -0.25) is 0 Å². The third kappa shape index (κ3) is 1.80. The highest BCUT2D eigenvalue weighted by Gasteiger charge is 2.22. The molecule has 0 atom stereocenters. The normalized spacial score (nSPS) is 11.6. The molecule has 0 unspecified atom stereocenters. The Labute approximate surface area is 133 Å². The minimum absolute atomic E-state index is 1.02. The second-order valence-electron chi connectivity index (χ2n) is 5.79. The molecule has 2 aromatic carbocycles. The van der Waals surface area contributed by atoms with E-state index in [0.29, 0.717) is 0 Å². The van der Waals surface area contributed by atoms with Crippen LogP contribution in [-0.4, -0.2) is 9.67 Å². The van der Waals surface area contributed by atoms with E-state index in [4.69, 9.17) is 4.98 Å². The van der Waals surface area contributed by atoms with E-state index in [-0.39, 0.29) is 0 Å². The fraction of sp³-hybridized carbons (Fsp3) is 0.222. The fourth-order valence-electron chi connectivity index (χ4n) is 3.01. The van der Waals surface area contributed by atoms with Crippen LogP contribution in [0.25, 0.3) is 31.6 Å². The van der Waals surface area contributed by atoms with Gasteiger partial charge in [0.2, 0.25) is 0 Å². The Kier molecular flexibility index (Phi) is 2.84. The van der Waals surface area contributed by atoms with E-state index < -0.39 is 0 Å². The van der Waals surface area contributed by atoms with Gasteiger partial charge in [-0.1, -0.05) is 18.2 Å². The van der Waals surface area contributed by atoms with Crippen LogP contribution < -0.4 is 4.68 Å². The molecule has 0 spiro atoms. The number of hydrogen-bond donors (Lipinski definition) is 0. The van der Waals surface area contributed by atoms with E-state index in [9.17, 15) is 0 Å². The van der Waals surface area contributed by atoms with E-state index in [0.717, 1.165) is 11.6 Å². The van der Waals surface area contributed by atoms with E-state index in [2.05, 4.69) is 59.7 Å². The minimum Gasteiger partial charge on any atom is -0.182 e. The molecule has 0 aliphatic carbocycles. The molecule has 0 radical (unpaired) electrons. The molecule has 4 aromatic rings. The first kappa shape index (κ1) is 13.5. The Morgan fingerprint density at radius 1 is 1.05 bits per heavy atom. The molecule has 0 aliphatic rings. The molecule has 0 N–H and O–H groups in total. The largest absolute Gasteiger partial charge is 0.351 e. The lowest BCUT2D eigenvalue weighted by Crippen LogP contribution is -2.39. The lowest BCUT2D eigenvalue weighted by molar-refractivity contribution is -0.742. The second kappa shape index (κ2) is 4.65. The summed E-state index contributed by atoms with van der Waals surface area (Å²) in [6.45, 7) is 4.21. The Morgan fingerprint density at radius 2 is 1.82 bits per heavy atom. The van der Waals surface area contributed by atoms with Gasteiger partial charge in [-0.05, 0) is 35.7 Å². The maximum atomic E-state index is 4.73. The van der Waals surface area contributed by atoms with Crippen molar-refractivity contribution >= 4 is 31.5 Å². The van der Waals surface area contributed by atoms with Gasteiger partial charge in [0.15, 0.2) is 0 Å². The molecule has 0 saturated heterocycles. The first-order valence-corrected chi connectivity index (χ1v) is 8.20. The molecule has 0 saturated carbocycles. The maximum Gasteiger partial charge on any atom is 0.351 e. The first-order valence-electron chi connectivity index (χ1n) is 7.38. The number of aryl methyl sites for hydroxylation is 2. The third-order valence-electron chi connectivity index (χ3n) is 4.46. The van der Waals surface area contributed by atoms with Crippen LogP contribution in [0.5, 0.6) is 0 Å². The number of thiophene rings is 1. The van der Waals surface area contributed by atoms with Gasteiger partial charge in [0, 0.05) is 27.1 Å². The molecule has 4 rings (SSSR count). The van der Waals surface area contributed by atoms with Crippen LogP contribution in [0.4, 0.5) is 0 Å². The summed E-state index contributed by atoms with van der Waals surface area (Å²) in [6.07, 6.45) is 0. The van der Waals surface area contributed by atoms with Crippen molar-refractivity contribution < 1.29 is 4.68 Å². The summed E-state index contributed by atoms with van der Waals surface area (Å²) in [6, 6.07) is 13.2. The molecule has 0 amide bonds. The highest BCUT2D eigenvalue weighted by Crippen LogP contribution is 2.37. The maximum absolute atomic E-state index is 4.73. The van der Waals surface area contributed by atoms with Crippen molar-refractivity contribution in [3.63, 3.8) is 0 Å². The van der Waals surface area contributed by atoms with Crippen LogP contribution >= 0.6 is 11.3 Å². The summed E-state index contributed by atoms with van der Waals surface area (Å²) >= 11 is 1.85. The van der Waals surface area contributed by atoms with Gasteiger partial charge in [0.05, 0.1) is 12.6 Å². The predicted octanol–water partition coefficient (Wildman–Crippen LogP) is 3.90. The highest BCUT2D eigenvalue weighted by molar-refractivity contribution is 7.25. The van der Waals surface area contributed by atoms with Gasteiger partial charge in [-0.25, -0.2) is 0 Å². The molecule has 4 heteroatoms. The SMILES string of the molecule is Cc1cc2c(cc1-c1nc(C)n(C)[n+]1C)sc1ccccc12. The van der Waals surface area contributed by atoms with Crippen molar-refractivity contribution in [1.82, 2.24) is 9.67 Å². The number of hydrogen-bond acceptors (Lipinski definition) is 2. The minimum atomic E-state index is 1.02. The molecular weight excluding hydrogens is 290 g/mol. The Hall–Kier alpha value is -2.20. The van der Waals surface area contributed by atoms with Gasteiger partial charge < -0.3 is 0 Å². The Morgan fingerprint density at radius 3 is 2.55 bits per heavy atom. The van der Waals surface area contributed by atoms with Crippen molar-refractivity contribution in [2.45, 2.75) is 13.8 Å². The summed E-state index contributed by atoms with van der Waals surface area (Å²) in [7, 11) is 4.10. The standard InChI is InChI=1S/C18H18N3S/c1-11-9-15-13-7-5-6-8-16(13)22-17(15)10-14(11)18-19-12(2)20(3)21(18)4/h5-10H,1-4H3/q+1. The molecule has 22 heavy (non-hydrogen) atoms. The van der Waals surface area contributed by atoms with Crippen molar-refractivity contribution in [3.8, 4) is 11.4 Å². The van der Waals surface area contributed by atoms with Crippen LogP contribution in [0.15, 0.2) is 36.4 Å². The lowest BCUT2D eigenvalue weighted by atomic mass is 10.0. The average molecular weight is 308 g/mol. The molecule has 0 fully saturated rings. The van der Waals surface area contributed by atoms with Gasteiger partial charge in [-0.15, -0.1) is 11.3 Å². The third-order valence-corrected chi connectivity index (χ3v) is 5.59. The van der Waals surface area contributed by atoms with Crippen molar-refractivity contribution in [1.29, 1.82) is 0 Å². The number of rotatable bonds is 1.